The minimum atomic E-state index is 0.296. The summed E-state index contributed by atoms with van der Waals surface area (Å²) < 4.78 is 5.33. The van der Waals surface area contributed by atoms with Crippen molar-refractivity contribution in [2.45, 2.75) is 18.9 Å². The monoisotopic (exact) mass is 140 g/mol. The van der Waals surface area contributed by atoms with Crippen LogP contribution in [-0.4, -0.2) is 31.2 Å². The first kappa shape index (κ1) is 7.36. The minimum Gasteiger partial charge on any atom is -0.376 e. The summed E-state index contributed by atoms with van der Waals surface area (Å²) in [4.78, 5) is 1.61. The van der Waals surface area contributed by atoms with Gasteiger partial charge in [-0.05, 0) is 12.8 Å². The van der Waals surface area contributed by atoms with Crippen molar-refractivity contribution < 1.29 is 4.74 Å². The summed E-state index contributed by atoms with van der Waals surface area (Å²) in [5, 5.41) is 8.42. The van der Waals surface area contributed by atoms with Crippen LogP contribution in [0.25, 0.3) is 0 Å². The Kier molecular flexibility index (Phi) is 2.52. The Balaban J connectivity index is 2.19. The first-order chi connectivity index (χ1) is 4.83. The first-order valence-corrected chi connectivity index (χ1v) is 3.55. The van der Waals surface area contributed by atoms with Gasteiger partial charge in [0.1, 0.15) is 0 Å². The lowest BCUT2D eigenvalue weighted by atomic mass is 10.2. The summed E-state index contributed by atoms with van der Waals surface area (Å²) in [6.45, 7) is 1.61. The third kappa shape index (κ3) is 1.89. The van der Waals surface area contributed by atoms with Gasteiger partial charge in [0.25, 0.3) is 0 Å². The van der Waals surface area contributed by atoms with E-state index in [9.17, 15) is 0 Å². The summed E-state index contributed by atoms with van der Waals surface area (Å²) in [5.74, 6) is 0. The lowest BCUT2D eigenvalue weighted by molar-refractivity contribution is 0.0936. The molecule has 0 radical (unpaired) electrons. The third-order valence-corrected chi connectivity index (χ3v) is 1.67. The minimum absolute atomic E-state index is 0.296. The molecule has 0 bridgehead atoms. The molecule has 0 amide bonds. The molecule has 1 saturated heterocycles. The largest absolute Gasteiger partial charge is 0.376 e. The van der Waals surface area contributed by atoms with E-state index in [0.29, 0.717) is 6.10 Å². The molecule has 56 valence electrons. The number of hydrogen-bond acceptors (Lipinski definition) is 3. The molecule has 1 atom stereocenters. The fourth-order valence-corrected chi connectivity index (χ4v) is 1.13. The SMILES string of the molecule is CN(C#N)CC1CCCO1. The van der Waals surface area contributed by atoms with E-state index in [1.165, 1.54) is 0 Å². The Hall–Kier alpha value is -0.750. The van der Waals surface area contributed by atoms with Gasteiger partial charge >= 0.3 is 0 Å². The molecule has 0 aromatic carbocycles. The van der Waals surface area contributed by atoms with Gasteiger partial charge in [-0.2, -0.15) is 5.26 Å². The summed E-state index contributed by atoms with van der Waals surface area (Å²) in [7, 11) is 1.78. The van der Waals surface area contributed by atoms with E-state index >= 15 is 0 Å². The van der Waals surface area contributed by atoms with Crippen LogP contribution < -0.4 is 0 Å². The molecule has 0 aromatic rings. The Labute approximate surface area is 61.2 Å². The van der Waals surface area contributed by atoms with Crippen molar-refractivity contribution in [2.75, 3.05) is 20.2 Å². The summed E-state index contributed by atoms with van der Waals surface area (Å²) in [6.07, 6.45) is 4.59. The van der Waals surface area contributed by atoms with Gasteiger partial charge in [-0.1, -0.05) is 0 Å². The van der Waals surface area contributed by atoms with Crippen LogP contribution in [0.4, 0.5) is 0 Å². The van der Waals surface area contributed by atoms with Crippen molar-refractivity contribution in [3.63, 3.8) is 0 Å². The molecular formula is C7H12N2O. The number of rotatable bonds is 2. The van der Waals surface area contributed by atoms with Crippen molar-refractivity contribution >= 4 is 0 Å². The number of likely N-dealkylation sites (N-methyl/N-ethyl adjacent to an activating group) is 1. The van der Waals surface area contributed by atoms with E-state index in [1.807, 2.05) is 6.19 Å². The molecule has 1 unspecified atom stereocenters. The van der Waals surface area contributed by atoms with Crippen molar-refractivity contribution in [1.29, 1.82) is 5.26 Å². The van der Waals surface area contributed by atoms with Crippen LogP contribution in [0, 0.1) is 11.5 Å². The van der Waals surface area contributed by atoms with Crippen LogP contribution in [0.1, 0.15) is 12.8 Å². The number of nitrogens with zero attached hydrogens (tertiary/aromatic N) is 2. The normalized spacial score (nSPS) is 24.2. The average molecular weight is 140 g/mol. The molecule has 0 aliphatic carbocycles. The lowest BCUT2D eigenvalue weighted by Crippen LogP contribution is -2.24. The molecule has 1 aliphatic rings. The van der Waals surface area contributed by atoms with Crippen molar-refractivity contribution in [3.05, 3.63) is 0 Å². The van der Waals surface area contributed by atoms with Gasteiger partial charge in [0.15, 0.2) is 6.19 Å². The van der Waals surface area contributed by atoms with Gasteiger partial charge in [-0.25, -0.2) is 0 Å². The molecule has 3 heteroatoms. The van der Waals surface area contributed by atoms with Crippen LogP contribution >= 0.6 is 0 Å². The Morgan fingerprint density at radius 2 is 2.60 bits per heavy atom. The first-order valence-electron chi connectivity index (χ1n) is 3.55. The molecule has 10 heavy (non-hydrogen) atoms. The number of nitriles is 1. The summed E-state index contributed by atoms with van der Waals surface area (Å²) in [6, 6.07) is 0. The molecule has 0 N–H and O–H groups in total. The van der Waals surface area contributed by atoms with Crippen molar-refractivity contribution in [3.8, 4) is 6.19 Å². The quantitative estimate of drug-likeness (QED) is 0.416. The average Bonchev–Trinajstić information content (AvgIpc) is 2.40. The smallest absolute Gasteiger partial charge is 0.179 e. The van der Waals surface area contributed by atoms with Gasteiger partial charge in [0.2, 0.25) is 0 Å². The summed E-state index contributed by atoms with van der Waals surface area (Å²) in [5.41, 5.74) is 0. The molecule has 1 rings (SSSR count). The van der Waals surface area contributed by atoms with E-state index in [0.717, 1.165) is 26.0 Å². The van der Waals surface area contributed by atoms with E-state index in [-0.39, 0.29) is 0 Å². The maximum absolute atomic E-state index is 8.42. The Morgan fingerprint density at radius 1 is 1.80 bits per heavy atom. The van der Waals surface area contributed by atoms with Crippen LogP contribution in [-0.2, 0) is 4.74 Å². The van der Waals surface area contributed by atoms with E-state index in [2.05, 4.69) is 0 Å². The summed E-state index contributed by atoms with van der Waals surface area (Å²) >= 11 is 0. The second-order valence-electron chi connectivity index (χ2n) is 2.62. The fraction of sp³-hybridized carbons (Fsp3) is 0.857. The third-order valence-electron chi connectivity index (χ3n) is 1.67. The second kappa shape index (κ2) is 3.43. The lowest BCUT2D eigenvalue weighted by Gasteiger charge is -2.13. The topological polar surface area (TPSA) is 36.3 Å². The van der Waals surface area contributed by atoms with Crippen LogP contribution in [0.15, 0.2) is 0 Å². The number of hydrogen-bond donors (Lipinski definition) is 0. The van der Waals surface area contributed by atoms with E-state index in [1.54, 1.807) is 11.9 Å². The zero-order valence-electron chi connectivity index (χ0n) is 6.21. The highest BCUT2D eigenvalue weighted by Gasteiger charge is 2.16. The van der Waals surface area contributed by atoms with Gasteiger partial charge in [-0.15, -0.1) is 0 Å². The van der Waals surface area contributed by atoms with Gasteiger partial charge < -0.3 is 9.64 Å². The fourth-order valence-electron chi connectivity index (χ4n) is 1.13. The predicted octanol–water partition coefficient (Wildman–Crippen LogP) is 0.578. The van der Waals surface area contributed by atoms with Crippen LogP contribution in [0.5, 0.6) is 0 Å². The highest BCUT2D eigenvalue weighted by Crippen LogP contribution is 2.11. The molecule has 0 spiro atoms. The zero-order chi connectivity index (χ0) is 7.40. The van der Waals surface area contributed by atoms with Crippen LogP contribution in [0.3, 0.4) is 0 Å². The van der Waals surface area contributed by atoms with Crippen LogP contribution in [0.2, 0.25) is 0 Å². The highest BCUT2D eigenvalue weighted by atomic mass is 16.5. The van der Waals surface area contributed by atoms with Crippen molar-refractivity contribution in [2.24, 2.45) is 0 Å². The second-order valence-corrected chi connectivity index (χ2v) is 2.62. The van der Waals surface area contributed by atoms with Gasteiger partial charge in [0, 0.05) is 13.7 Å². The molecule has 1 fully saturated rings. The molecule has 0 aromatic heterocycles. The molecular weight excluding hydrogens is 128 g/mol. The predicted molar refractivity (Wildman–Crippen MR) is 37.2 cm³/mol. The van der Waals surface area contributed by atoms with Gasteiger partial charge in [-0.3, -0.25) is 0 Å². The maximum atomic E-state index is 8.42. The van der Waals surface area contributed by atoms with Crippen molar-refractivity contribution in [1.82, 2.24) is 4.90 Å². The Bertz CT molecular complexity index is 135. The van der Waals surface area contributed by atoms with E-state index in [4.69, 9.17) is 10.00 Å². The maximum Gasteiger partial charge on any atom is 0.179 e. The van der Waals surface area contributed by atoms with E-state index < -0.39 is 0 Å². The molecule has 0 saturated carbocycles. The molecule has 3 nitrogen and oxygen atoms in total. The Morgan fingerprint density at radius 3 is 3.10 bits per heavy atom. The highest BCUT2D eigenvalue weighted by molar-refractivity contribution is 4.75. The zero-order valence-corrected chi connectivity index (χ0v) is 6.21. The number of ether oxygens (including phenoxy) is 1. The molecule has 1 heterocycles. The van der Waals surface area contributed by atoms with Gasteiger partial charge in [0.05, 0.1) is 12.6 Å². The molecule has 1 aliphatic heterocycles. The standard InChI is InChI=1S/C7H12N2O/c1-9(6-8)5-7-3-2-4-10-7/h7H,2-5H2,1H3.